The molecule has 0 aromatic carbocycles. The van der Waals surface area contributed by atoms with Crippen LogP contribution < -0.4 is 10.6 Å². The number of hydrogen-bond acceptors (Lipinski definition) is 2. The van der Waals surface area contributed by atoms with Gasteiger partial charge in [-0.15, -0.1) is 0 Å². The van der Waals surface area contributed by atoms with E-state index in [2.05, 4.69) is 38.3 Å². The van der Waals surface area contributed by atoms with E-state index in [1.807, 2.05) is 7.05 Å². The van der Waals surface area contributed by atoms with Gasteiger partial charge in [-0.1, -0.05) is 6.92 Å². The van der Waals surface area contributed by atoms with Crippen LogP contribution in [0.5, 0.6) is 0 Å². The van der Waals surface area contributed by atoms with E-state index in [-0.39, 0.29) is 0 Å². The minimum atomic E-state index is 0.467. The minimum Gasteiger partial charge on any atom is -0.389 e. The summed E-state index contributed by atoms with van der Waals surface area (Å²) < 4.78 is 0. The third-order valence-electron chi connectivity index (χ3n) is 2.31. The summed E-state index contributed by atoms with van der Waals surface area (Å²) in [5, 5.41) is 6.61. The van der Waals surface area contributed by atoms with E-state index >= 15 is 0 Å². The Morgan fingerprint density at radius 3 is 2.33 bits per heavy atom. The lowest BCUT2D eigenvalue weighted by molar-refractivity contribution is 0.663. The fourth-order valence-corrected chi connectivity index (χ4v) is 0.993. The van der Waals surface area contributed by atoms with Gasteiger partial charge in [0.2, 0.25) is 0 Å². The first-order valence-electron chi connectivity index (χ1n) is 4.72. The molecular weight excluding hydrogens is 148 g/mol. The summed E-state index contributed by atoms with van der Waals surface area (Å²) in [6.45, 7) is 9.72. The Labute approximate surface area is 76.4 Å². The van der Waals surface area contributed by atoms with Crippen LogP contribution in [0.3, 0.4) is 0 Å². The Kier molecular flexibility index (Phi) is 5.81. The van der Waals surface area contributed by atoms with E-state index in [0.29, 0.717) is 6.04 Å². The van der Waals surface area contributed by atoms with Gasteiger partial charge >= 0.3 is 0 Å². The van der Waals surface area contributed by atoms with E-state index in [0.717, 1.165) is 6.54 Å². The fraction of sp³-hybridized carbons (Fsp3) is 0.800. The second-order valence-corrected chi connectivity index (χ2v) is 3.25. The number of nitrogens with one attached hydrogen (secondary N) is 2. The number of allylic oxidation sites excluding steroid dienone is 1. The van der Waals surface area contributed by atoms with Crippen LogP contribution in [-0.2, 0) is 0 Å². The molecule has 0 bridgehead atoms. The summed E-state index contributed by atoms with van der Waals surface area (Å²) in [5.41, 5.74) is 2.70. The van der Waals surface area contributed by atoms with Crippen LogP contribution >= 0.6 is 0 Å². The lowest BCUT2D eigenvalue weighted by Crippen LogP contribution is -2.26. The zero-order valence-electron chi connectivity index (χ0n) is 8.99. The van der Waals surface area contributed by atoms with Crippen LogP contribution in [0.1, 0.15) is 34.1 Å². The summed E-state index contributed by atoms with van der Waals surface area (Å²) in [6.07, 6.45) is 1.18. The van der Waals surface area contributed by atoms with Crippen molar-refractivity contribution >= 4 is 0 Å². The number of rotatable bonds is 5. The summed E-state index contributed by atoms with van der Waals surface area (Å²) in [6, 6.07) is 0.467. The van der Waals surface area contributed by atoms with E-state index in [9.17, 15) is 0 Å². The van der Waals surface area contributed by atoms with Gasteiger partial charge in [0.05, 0.1) is 0 Å². The molecule has 0 saturated heterocycles. The zero-order chi connectivity index (χ0) is 9.56. The van der Waals surface area contributed by atoms with Crippen LogP contribution in [0.25, 0.3) is 0 Å². The van der Waals surface area contributed by atoms with E-state index in [1.54, 1.807) is 0 Å². The maximum Gasteiger partial charge on any atom is 0.0265 e. The van der Waals surface area contributed by atoms with Gasteiger partial charge in [0.25, 0.3) is 0 Å². The molecule has 0 aliphatic heterocycles. The standard InChI is InChI=1S/C10H22N2/c1-6-7-12-10(4)8(2)9(3)11-5/h9,11-12H,6-7H2,1-5H3/b10-8+. The topological polar surface area (TPSA) is 24.1 Å². The van der Waals surface area contributed by atoms with Gasteiger partial charge in [-0.05, 0) is 39.8 Å². The first-order chi connectivity index (χ1) is 5.63. The minimum absolute atomic E-state index is 0.467. The summed E-state index contributed by atoms with van der Waals surface area (Å²) in [4.78, 5) is 0. The maximum absolute atomic E-state index is 3.39. The molecule has 2 heteroatoms. The number of likely N-dealkylation sites (N-methyl/N-ethyl adjacent to an activating group) is 1. The molecule has 0 saturated carbocycles. The van der Waals surface area contributed by atoms with Crippen molar-refractivity contribution in [3.63, 3.8) is 0 Å². The highest BCUT2D eigenvalue weighted by Crippen LogP contribution is 2.04. The molecule has 72 valence electrons. The first-order valence-corrected chi connectivity index (χ1v) is 4.72. The molecule has 0 rings (SSSR count). The zero-order valence-corrected chi connectivity index (χ0v) is 8.99. The maximum atomic E-state index is 3.39. The Balaban J connectivity index is 4.05. The van der Waals surface area contributed by atoms with E-state index < -0.39 is 0 Å². The van der Waals surface area contributed by atoms with Crippen molar-refractivity contribution in [1.82, 2.24) is 10.6 Å². The first kappa shape index (κ1) is 11.5. The largest absolute Gasteiger partial charge is 0.389 e. The highest BCUT2D eigenvalue weighted by atomic mass is 14.9. The van der Waals surface area contributed by atoms with Crippen molar-refractivity contribution in [3.8, 4) is 0 Å². The highest BCUT2D eigenvalue weighted by molar-refractivity contribution is 5.13. The monoisotopic (exact) mass is 170 g/mol. The molecule has 2 nitrogen and oxygen atoms in total. The summed E-state index contributed by atoms with van der Waals surface area (Å²) in [7, 11) is 1.99. The van der Waals surface area contributed by atoms with Gasteiger partial charge in [-0.3, -0.25) is 0 Å². The lowest BCUT2D eigenvalue weighted by atomic mass is 10.1. The van der Waals surface area contributed by atoms with Crippen LogP contribution in [0, 0.1) is 0 Å². The summed E-state index contributed by atoms with van der Waals surface area (Å²) >= 11 is 0. The van der Waals surface area contributed by atoms with Crippen molar-refractivity contribution in [2.24, 2.45) is 0 Å². The quantitative estimate of drug-likeness (QED) is 0.658. The van der Waals surface area contributed by atoms with Crippen molar-refractivity contribution < 1.29 is 0 Å². The van der Waals surface area contributed by atoms with Gasteiger partial charge in [-0.2, -0.15) is 0 Å². The van der Waals surface area contributed by atoms with Crippen LogP contribution in [0.4, 0.5) is 0 Å². The normalized spacial score (nSPS) is 15.4. The molecule has 0 spiro atoms. The molecule has 0 radical (unpaired) electrons. The molecule has 0 amide bonds. The molecule has 2 N–H and O–H groups in total. The van der Waals surface area contributed by atoms with Crippen molar-refractivity contribution in [2.45, 2.75) is 40.2 Å². The predicted molar refractivity (Wildman–Crippen MR) is 55.2 cm³/mol. The van der Waals surface area contributed by atoms with Gasteiger partial charge in [-0.25, -0.2) is 0 Å². The third kappa shape index (κ3) is 3.77. The number of hydrogen-bond donors (Lipinski definition) is 2. The lowest BCUT2D eigenvalue weighted by Gasteiger charge is -2.15. The van der Waals surface area contributed by atoms with Gasteiger partial charge in [0, 0.05) is 18.3 Å². The molecule has 1 unspecified atom stereocenters. The predicted octanol–water partition coefficient (Wildman–Crippen LogP) is 1.89. The molecule has 0 aliphatic carbocycles. The second kappa shape index (κ2) is 6.06. The van der Waals surface area contributed by atoms with Gasteiger partial charge < -0.3 is 10.6 Å². The van der Waals surface area contributed by atoms with Crippen molar-refractivity contribution in [1.29, 1.82) is 0 Å². The average molecular weight is 170 g/mol. The molecule has 0 heterocycles. The van der Waals surface area contributed by atoms with Gasteiger partial charge in [0.15, 0.2) is 0 Å². The molecule has 0 fully saturated rings. The summed E-state index contributed by atoms with van der Waals surface area (Å²) in [5.74, 6) is 0. The van der Waals surface area contributed by atoms with E-state index in [1.165, 1.54) is 17.7 Å². The Morgan fingerprint density at radius 1 is 1.33 bits per heavy atom. The molecule has 0 aromatic rings. The van der Waals surface area contributed by atoms with E-state index in [4.69, 9.17) is 0 Å². The average Bonchev–Trinajstić information content (AvgIpc) is 2.11. The molecule has 12 heavy (non-hydrogen) atoms. The fourth-order valence-electron chi connectivity index (χ4n) is 0.993. The van der Waals surface area contributed by atoms with Crippen LogP contribution in [0.15, 0.2) is 11.3 Å². The Morgan fingerprint density at radius 2 is 1.92 bits per heavy atom. The van der Waals surface area contributed by atoms with Crippen molar-refractivity contribution in [3.05, 3.63) is 11.3 Å². The molecule has 0 aliphatic rings. The molecular formula is C10H22N2. The smallest absolute Gasteiger partial charge is 0.0265 e. The van der Waals surface area contributed by atoms with Crippen LogP contribution in [-0.4, -0.2) is 19.6 Å². The second-order valence-electron chi connectivity index (χ2n) is 3.25. The highest BCUT2D eigenvalue weighted by Gasteiger charge is 2.03. The van der Waals surface area contributed by atoms with Crippen molar-refractivity contribution in [2.75, 3.05) is 13.6 Å². The molecule has 0 aromatic heterocycles. The van der Waals surface area contributed by atoms with Crippen LogP contribution in [0.2, 0.25) is 0 Å². The van der Waals surface area contributed by atoms with Gasteiger partial charge in [0.1, 0.15) is 0 Å². The Hall–Kier alpha value is -0.500. The SMILES string of the molecule is CCCN/C(C)=C(\C)C(C)NC. The Bertz CT molecular complexity index is 150. The molecule has 1 atom stereocenters. The third-order valence-corrected chi connectivity index (χ3v) is 2.31.